The highest BCUT2D eigenvalue weighted by Crippen LogP contribution is 2.16. The fraction of sp³-hybridized carbons (Fsp3) is 0.316. The van der Waals surface area contributed by atoms with Crippen LogP contribution in [0.25, 0.3) is 11.8 Å². The van der Waals surface area contributed by atoms with Gasteiger partial charge in [0.05, 0.1) is 11.9 Å². The Morgan fingerprint density at radius 1 is 1.27 bits per heavy atom. The lowest BCUT2D eigenvalue weighted by Crippen LogP contribution is -2.45. The first kappa shape index (κ1) is 17.9. The molecule has 1 fully saturated rings. The minimum atomic E-state index is -1.02. The Morgan fingerprint density at radius 2 is 2.00 bits per heavy atom. The number of carbonyl (C=O) groups excluding carboxylic acids is 1. The Labute approximate surface area is 151 Å². The number of ether oxygens (including phenoxy) is 1. The number of aromatic nitrogens is 2. The normalized spacial score (nSPS) is 15.2. The molecule has 7 heteroatoms. The van der Waals surface area contributed by atoms with Gasteiger partial charge in [-0.25, -0.2) is 4.68 Å². The summed E-state index contributed by atoms with van der Waals surface area (Å²) in [6, 6.07) is 9.54. The molecule has 0 atom stereocenters. The number of benzene rings is 1. The first-order valence-corrected chi connectivity index (χ1v) is 8.52. The first-order valence-electron chi connectivity index (χ1n) is 8.52. The molecule has 0 unspecified atom stereocenters. The summed E-state index contributed by atoms with van der Waals surface area (Å²) in [7, 11) is 0. The van der Waals surface area contributed by atoms with Crippen molar-refractivity contribution in [3.63, 3.8) is 0 Å². The number of carbonyl (C=O) groups is 2. The van der Waals surface area contributed by atoms with Crippen molar-refractivity contribution in [1.82, 2.24) is 14.7 Å². The molecule has 1 aromatic heterocycles. The summed E-state index contributed by atoms with van der Waals surface area (Å²) >= 11 is 0. The van der Waals surface area contributed by atoms with Gasteiger partial charge in [-0.3, -0.25) is 9.59 Å². The van der Waals surface area contributed by atoms with Crippen LogP contribution in [0.4, 0.5) is 0 Å². The zero-order valence-electron chi connectivity index (χ0n) is 14.3. The Bertz CT molecular complexity index is 779. The van der Waals surface area contributed by atoms with Crippen LogP contribution in [-0.2, 0) is 14.3 Å². The smallest absolute Gasteiger partial charge is 0.323 e. The average Bonchev–Trinajstić information content (AvgIpc) is 3.14. The van der Waals surface area contributed by atoms with Crippen LogP contribution in [-0.4, -0.2) is 57.5 Å². The number of amides is 1. The maximum absolute atomic E-state index is 12.5. The van der Waals surface area contributed by atoms with Crippen LogP contribution < -0.4 is 0 Å². The van der Waals surface area contributed by atoms with E-state index in [-0.39, 0.29) is 18.5 Å². The second-order valence-corrected chi connectivity index (χ2v) is 6.09. The maximum Gasteiger partial charge on any atom is 0.323 e. The highest BCUT2D eigenvalue weighted by Gasteiger charge is 2.26. The number of nitrogens with zero attached hydrogens (tertiary/aromatic N) is 3. The quantitative estimate of drug-likeness (QED) is 0.801. The second-order valence-electron chi connectivity index (χ2n) is 6.09. The Balaban J connectivity index is 1.70. The third-order valence-electron chi connectivity index (χ3n) is 4.26. The predicted octanol–water partition coefficient (Wildman–Crippen LogP) is 1.98. The summed E-state index contributed by atoms with van der Waals surface area (Å²) in [6.07, 6.45) is 7.84. The molecule has 0 spiro atoms. The van der Waals surface area contributed by atoms with Crippen molar-refractivity contribution in [3.8, 4) is 5.69 Å². The molecule has 1 N–H and O–H groups in total. The molecule has 26 heavy (non-hydrogen) atoms. The van der Waals surface area contributed by atoms with Gasteiger partial charge in [0.2, 0.25) is 5.91 Å². The van der Waals surface area contributed by atoms with E-state index in [1.807, 2.05) is 36.5 Å². The van der Waals surface area contributed by atoms with Crippen LogP contribution >= 0.6 is 0 Å². The van der Waals surface area contributed by atoms with E-state index < -0.39 is 5.97 Å². The molecule has 7 nitrogen and oxygen atoms in total. The van der Waals surface area contributed by atoms with Gasteiger partial charge in [0, 0.05) is 37.1 Å². The Morgan fingerprint density at radius 3 is 2.69 bits per heavy atom. The molecule has 1 aromatic carbocycles. The second kappa shape index (κ2) is 8.44. The number of para-hydroxylation sites is 1. The van der Waals surface area contributed by atoms with Gasteiger partial charge in [-0.1, -0.05) is 18.2 Å². The minimum Gasteiger partial charge on any atom is -0.480 e. The Kier molecular flexibility index (Phi) is 5.80. The zero-order chi connectivity index (χ0) is 18.4. The van der Waals surface area contributed by atoms with Gasteiger partial charge < -0.3 is 14.7 Å². The molecular weight excluding hydrogens is 334 g/mol. The van der Waals surface area contributed by atoms with E-state index in [4.69, 9.17) is 9.84 Å². The zero-order valence-corrected chi connectivity index (χ0v) is 14.3. The van der Waals surface area contributed by atoms with Crippen LogP contribution in [0.3, 0.4) is 0 Å². The fourth-order valence-electron chi connectivity index (χ4n) is 2.94. The molecule has 1 aliphatic rings. The molecule has 1 amide bonds. The van der Waals surface area contributed by atoms with Crippen LogP contribution in [0.1, 0.15) is 18.4 Å². The number of carboxylic acids is 1. The van der Waals surface area contributed by atoms with E-state index in [2.05, 4.69) is 5.10 Å². The lowest BCUT2D eigenvalue weighted by molar-refractivity contribution is -0.145. The predicted molar refractivity (Wildman–Crippen MR) is 95.8 cm³/mol. The standard InChI is InChI=1S/C19H21N3O4/c23-18(21(14-19(24)25)16-8-10-26-11-9-16)7-6-15-12-20-22(13-15)17-4-2-1-3-5-17/h1-7,12-13,16H,8-11,14H2,(H,24,25)/b7-6+. The topological polar surface area (TPSA) is 84.7 Å². The van der Waals surface area contributed by atoms with E-state index in [0.717, 1.165) is 11.3 Å². The molecule has 0 saturated carbocycles. The minimum absolute atomic E-state index is 0.107. The molecule has 136 valence electrons. The summed E-state index contributed by atoms with van der Waals surface area (Å²) in [6.45, 7) is 0.778. The van der Waals surface area contributed by atoms with Gasteiger partial charge in [-0.2, -0.15) is 5.10 Å². The summed E-state index contributed by atoms with van der Waals surface area (Å²) in [5.41, 5.74) is 1.69. The van der Waals surface area contributed by atoms with Crippen molar-refractivity contribution in [2.45, 2.75) is 18.9 Å². The van der Waals surface area contributed by atoms with Crippen molar-refractivity contribution in [1.29, 1.82) is 0 Å². The number of carboxylic acid groups (broad SMARTS) is 1. The average molecular weight is 355 g/mol. The Hall–Kier alpha value is -2.93. The number of hydrogen-bond acceptors (Lipinski definition) is 4. The van der Waals surface area contributed by atoms with Gasteiger partial charge in [-0.05, 0) is 31.1 Å². The number of rotatable bonds is 6. The van der Waals surface area contributed by atoms with E-state index in [1.54, 1.807) is 17.0 Å². The third-order valence-corrected chi connectivity index (χ3v) is 4.26. The SMILES string of the molecule is O=C(O)CN(C(=O)/C=C/c1cnn(-c2ccccc2)c1)C1CCOCC1. The third kappa shape index (κ3) is 4.58. The van der Waals surface area contributed by atoms with Crippen molar-refractivity contribution >= 4 is 18.0 Å². The molecular formula is C19H21N3O4. The van der Waals surface area contributed by atoms with E-state index in [1.165, 1.54) is 11.0 Å². The van der Waals surface area contributed by atoms with E-state index in [0.29, 0.717) is 26.1 Å². The lowest BCUT2D eigenvalue weighted by Gasteiger charge is -2.32. The van der Waals surface area contributed by atoms with Crippen molar-refractivity contribution in [3.05, 3.63) is 54.4 Å². The molecule has 1 aliphatic heterocycles. The van der Waals surface area contributed by atoms with Gasteiger partial charge in [0.25, 0.3) is 0 Å². The monoisotopic (exact) mass is 355 g/mol. The number of aliphatic carboxylic acids is 1. The lowest BCUT2D eigenvalue weighted by atomic mass is 10.1. The number of hydrogen-bond donors (Lipinski definition) is 1. The van der Waals surface area contributed by atoms with Crippen LogP contribution in [0.2, 0.25) is 0 Å². The van der Waals surface area contributed by atoms with Crippen LogP contribution in [0, 0.1) is 0 Å². The fourth-order valence-corrected chi connectivity index (χ4v) is 2.94. The largest absolute Gasteiger partial charge is 0.480 e. The first-order chi connectivity index (χ1) is 12.6. The summed E-state index contributed by atoms with van der Waals surface area (Å²) in [5, 5.41) is 13.4. The molecule has 2 heterocycles. The van der Waals surface area contributed by atoms with E-state index in [9.17, 15) is 9.59 Å². The summed E-state index contributed by atoms with van der Waals surface area (Å²) < 4.78 is 7.01. The van der Waals surface area contributed by atoms with Gasteiger partial charge in [0.15, 0.2) is 0 Å². The van der Waals surface area contributed by atoms with Crippen LogP contribution in [0.15, 0.2) is 48.8 Å². The molecule has 2 aromatic rings. The molecule has 0 bridgehead atoms. The van der Waals surface area contributed by atoms with Gasteiger partial charge in [0.1, 0.15) is 6.54 Å². The highest BCUT2D eigenvalue weighted by atomic mass is 16.5. The highest BCUT2D eigenvalue weighted by molar-refractivity contribution is 5.93. The van der Waals surface area contributed by atoms with Crippen molar-refractivity contribution in [2.24, 2.45) is 0 Å². The molecule has 0 radical (unpaired) electrons. The maximum atomic E-state index is 12.5. The van der Waals surface area contributed by atoms with Crippen molar-refractivity contribution < 1.29 is 19.4 Å². The van der Waals surface area contributed by atoms with Crippen molar-refractivity contribution in [2.75, 3.05) is 19.8 Å². The molecule has 1 saturated heterocycles. The molecule has 0 aliphatic carbocycles. The summed E-state index contributed by atoms with van der Waals surface area (Å²) in [4.78, 5) is 25.1. The van der Waals surface area contributed by atoms with E-state index >= 15 is 0 Å². The van der Waals surface area contributed by atoms with Gasteiger partial charge >= 0.3 is 5.97 Å². The molecule has 3 rings (SSSR count). The van der Waals surface area contributed by atoms with Gasteiger partial charge in [-0.15, -0.1) is 0 Å². The van der Waals surface area contributed by atoms with Crippen LogP contribution in [0.5, 0.6) is 0 Å². The summed E-state index contributed by atoms with van der Waals surface area (Å²) in [5.74, 6) is -1.33.